The molecule has 2 heterocycles. The molecule has 0 bridgehead atoms. The summed E-state index contributed by atoms with van der Waals surface area (Å²) in [5.41, 5.74) is -0.0463. The lowest BCUT2D eigenvalue weighted by Gasteiger charge is -2.35. The van der Waals surface area contributed by atoms with Crippen LogP contribution < -0.4 is 0 Å². The van der Waals surface area contributed by atoms with Crippen LogP contribution in [0.2, 0.25) is 0 Å². The van der Waals surface area contributed by atoms with E-state index in [4.69, 9.17) is 0 Å². The van der Waals surface area contributed by atoms with E-state index < -0.39 is 26.7 Å². The molecule has 0 unspecified atom stereocenters. The molecule has 2 saturated heterocycles. The van der Waals surface area contributed by atoms with Crippen molar-refractivity contribution in [1.29, 1.82) is 0 Å². The molecule has 1 amide bonds. The summed E-state index contributed by atoms with van der Waals surface area (Å²) < 4.78 is 66.3. The van der Waals surface area contributed by atoms with Crippen LogP contribution in [0, 0.1) is 5.92 Å². The molecule has 28 heavy (non-hydrogen) atoms. The van der Waals surface area contributed by atoms with Gasteiger partial charge in [-0.3, -0.25) is 4.79 Å². The van der Waals surface area contributed by atoms with Crippen molar-refractivity contribution in [3.8, 4) is 0 Å². The van der Waals surface area contributed by atoms with Crippen LogP contribution in [0.25, 0.3) is 0 Å². The fraction of sp³-hybridized carbons (Fsp3) is 0.526. The average Bonchev–Trinajstić information content (AvgIpc) is 2.67. The molecule has 2 aliphatic heterocycles. The molecular weight excluding hydrogens is 393 g/mol. The number of amides is 1. The van der Waals surface area contributed by atoms with Gasteiger partial charge in [0.15, 0.2) is 0 Å². The Kier molecular flexibility index (Phi) is 5.86. The lowest BCUT2D eigenvalue weighted by molar-refractivity contribution is -0.140. The number of carbonyl (C=O) groups excluding carboxylic acids is 1. The minimum absolute atomic E-state index is 0.000222. The van der Waals surface area contributed by atoms with Gasteiger partial charge in [-0.25, -0.2) is 8.42 Å². The first-order chi connectivity index (χ1) is 13.1. The molecule has 0 N–H and O–H groups in total. The number of alkyl halides is 3. The van der Waals surface area contributed by atoms with E-state index in [1.807, 2.05) is 0 Å². The molecule has 0 atom stereocenters. The third-order valence-electron chi connectivity index (χ3n) is 5.40. The maximum absolute atomic E-state index is 13.2. The summed E-state index contributed by atoms with van der Waals surface area (Å²) in [7, 11) is -4.28. The zero-order chi connectivity index (χ0) is 20.5. The second-order valence-electron chi connectivity index (χ2n) is 7.25. The van der Waals surface area contributed by atoms with E-state index in [0.717, 1.165) is 34.9 Å². The number of nitrogens with zero attached hydrogens (tertiary/aromatic N) is 2. The van der Waals surface area contributed by atoms with Gasteiger partial charge >= 0.3 is 6.18 Å². The van der Waals surface area contributed by atoms with Gasteiger partial charge < -0.3 is 4.90 Å². The summed E-state index contributed by atoms with van der Waals surface area (Å²) in [4.78, 5) is 13.7. The van der Waals surface area contributed by atoms with Gasteiger partial charge in [0.25, 0.3) is 0 Å². The summed E-state index contributed by atoms with van der Waals surface area (Å²) in [5.74, 6) is -0.295. The monoisotopic (exact) mass is 416 g/mol. The first-order valence-electron chi connectivity index (χ1n) is 9.22. The number of halogens is 3. The van der Waals surface area contributed by atoms with Crippen LogP contribution in [0.3, 0.4) is 0 Å². The minimum atomic E-state index is -4.75. The van der Waals surface area contributed by atoms with E-state index in [2.05, 4.69) is 6.58 Å². The highest BCUT2D eigenvalue weighted by Gasteiger charge is 2.40. The number of piperidine rings is 2. The van der Waals surface area contributed by atoms with Gasteiger partial charge in [0, 0.05) is 32.1 Å². The van der Waals surface area contributed by atoms with Gasteiger partial charge in [0.1, 0.15) is 0 Å². The summed E-state index contributed by atoms with van der Waals surface area (Å²) in [6, 6.07) is 4.20. The Labute approximate surface area is 162 Å². The van der Waals surface area contributed by atoms with Gasteiger partial charge in [0.05, 0.1) is 10.5 Å². The topological polar surface area (TPSA) is 57.7 Å². The Morgan fingerprint density at radius 3 is 2.18 bits per heavy atom. The van der Waals surface area contributed by atoms with Crippen LogP contribution in [0.4, 0.5) is 13.2 Å². The molecule has 5 nitrogen and oxygen atoms in total. The fourth-order valence-electron chi connectivity index (χ4n) is 3.71. The van der Waals surface area contributed by atoms with Crippen molar-refractivity contribution in [3.05, 3.63) is 42.0 Å². The standard InChI is InChI=1S/C19H23F3N2O3S/c1-14-6-10-23(11-7-14)18(25)15-8-12-24(13-9-15)28(26,27)17-5-3-2-4-16(17)19(20,21)22/h2-5,15H,1,6-13H2. The number of sulfonamides is 1. The molecule has 1 aromatic rings. The van der Waals surface area contributed by atoms with E-state index >= 15 is 0 Å². The lowest BCUT2D eigenvalue weighted by atomic mass is 9.95. The first-order valence-corrected chi connectivity index (χ1v) is 10.7. The Balaban J connectivity index is 1.69. The van der Waals surface area contributed by atoms with E-state index in [9.17, 15) is 26.4 Å². The Morgan fingerprint density at radius 1 is 1.04 bits per heavy atom. The van der Waals surface area contributed by atoms with Gasteiger partial charge in [-0.15, -0.1) is 0 Å². The first kappa shape index (κ1) is 20.9. The van der Waals surface area contributed by atoms with E-state index in [-0.39, 0.29) is 24.9 Å². The summed E-state index contributed by atoms with van der Waals surface area (Å²) in [5, 5.41) is 0. The smallest absolute Gasteiger partial charge is 0.342 e. The highest BCUT2D eigenvalue weighted by Crippen LogP contribution is 2.36. The SMILES string of the molecule is C=C1CCN(C(=O)C2CCN(S(=O)(=O)c3ccccc3C(F)(F)F)CC2)CC1. The molecule has 2 aliphatic rings. The number of carbonyl (C=O) groups is 1. The quantitative estimate of drug-likeness (QED) is 0.711. The molecular formula is C19H23F3N2O3S. The number of likely N-dealkylation sites (tertiary alicyclic amines) is 1. The Morgan fingerprint density at radius 2 is 1.61 bits per heavy atom. The van der Waals surface area contributed by atoms with E-state index in [0.29, 0.717) is 25.9 Å². The van der Waals surface area contributed by atoms with Crippen LogP contribution in [-0.4, -0.2) is 49.7 Å². The number of hydrogen-bond acceptors (Lipinski definition) is 3. The van der Waals surface area contributed by atoms with E-state index in [1.165, 1.54) is 12.1 Å². The lowest BCUT2D eigenvalue weighted by Crippen LogP contribution is -2.46. The van der Waals surface area contributed by atoms with Crippen molar-refractivity contribution in [3.63, 3.8) is 0 Å². The van der Waals surface area contributed by atoms with Crippen LogP contribution >= 0.6 is 0 Å². The third kappa shape index (κ3) is 4.25. The predicted octanol–water partition coefficient (Wildman–Crippen LogP) is 3.28. The summed E-state index contributed by atoms with van der Waals surface area (Å²) in [6.07, 6.45) is -2.59. The number of benzene rings is 1. The van der Waals surface area contributed by atoms with Gasteiger partial charge in [-0.1, -0.05) is 24.3 Å². The second-order valence-corrected chi connectivity index (χ2v) is 9.15. The maximum Gasteiger partial charge on any atom is 0.417 e. The van der Waals surface area contributed by atoms with Crippen LogP contribution in [0.1, 0.15) is 31.2 Å². The van der Waals surface area contributed by atoms with Gasteiger partial charge in [0.2, 0.25) is 15.9 Å². The average molecular weight is 416 g/mol. The molecule has 1 aromatic carbocycles. The zero-order valence-electron chi connectivity index (χ0n) is 15.4. The highest BCUT2D eigenvalue weighted by molar-refractivity contribution is 7.89. The van der Waals surface area contributed by atoms with Crippen LogP contribution in [-0.2, 0) is 21.0 Å². The molecule has 0 aliphatic carbocycles. The summed E-state index contributed by atoms with van der Waals surface area (Å²) >= 11 is 0. The zero-order valence-corrected chi connectivity index (χ0v) is 16.2. The van der Waals surface area contributed by atoms with Crippen molar-refractivity contribution in [2.75, 3.05) is 26.2 Å². The fourth-order valence-corrected chi connectivity index (χ4v) is 5.39. The Hall–Kier alpha value is -1.87. The predicted molar refractivity (Wildman–Crippen MR) is 97.9 cm³/mol. The van der Waals surface area contributed by atoms with Crippen molar-refractivity contribution >= 4 is 15.9 Å². The molecule has 154 valence electrons. The third-order valence-corrected chi connectivity index (χ3v) is 7.35. The summed E-state index contributed by atoms with van der Waals surface area (Å²) in [6.45, 7) is 5.23. The Bertz CT molecular complexity index is 849. The van der Waals surface area contributed by atoms with Crippen molar-refractivity contribution in [1.82, 2.24) is 9.21 Å². The van der Waals surface area contributed by atoms with E-state index in [1.54, 1.807) is 4.90 Å². The maximum atomic E-state index is 13.2. The molecule has 3 rings (SSSR count). The molecule has 0 saturated carbocycles. The largest absolute Gasteiger partial charge is 0.417 e. The molecule has 0 radical (unpaired) electrons. The normalized spacial score (nSPS) is 20.4. The van der Waals surface area contributed by atoms with Crippen LogP contribution in [0.15, 0.2) is 41.3 Å². The highest BCUT2D eigenvalue weighted by atomic mass is 32.2. The minimum Gasteiger partial charge on any atom is -0.342 e. The number of hydrogen-bond donors (Lipinski definition) is 0. The molecule has 2 fully saturated rings. The molecule has 0 aromatic heterocycles. The van der Waals surface area contributed by atoms with Crippen molar-refractivity contribution in [2.45, 2.75) is 36.8 Å². The molecule has 9 heteroatoms. The molecule has 0 spiro atoms. The second kappa shape index (κ2) is 7.87. The number of rotatable bonds is 3. The van der Waals surface area contributed by atoms with Crippen molar-refractivity contribution in [2.24, 2.45) is 5.92 Å². The van der Waals surface area contributed by atoms with Gasteiger partial charge in [-0.2, -0.15) is 17.5 Å². The van der Waals surface area contributed by atoms with Crippen LogP contribution in [0.5, 0.6) is 0 Å². The van der Waals surface area contributed by atoms with Gasteiger partial charge in [-0.05, 0) is 37.8 Å². The van der Waals surface area contributed by atoms with Crippen molar-refractivity contribution < 1.29 is 26.4 Å².